The summed E-state index contributed by atoms with van der Waals surface area (Å²) in [5, 5.41) is 10.7. The summed E-state index contributed by atoms with van der Waals surface area (Å²) in [4.78, 5) is 19.6. The summed E-state index contributed by atoms with van der Waals surface area (Å²) in [5.41, 5.74) is 1.56. The first-order valence-corrected chi connectivity index (χ1v) is 9.75. The van der Waals surface area contributed by atoms with Crippen LogP contribution in [-0.2, 0) is 0 Å². The van der Waals surface area contributed by atoms with E-state index >= 15 is 0 Å². The monoisotopic (exact) mass is 414 g/mol. The molecular formula is C22H20ClFN2O3. The number of hydrogen-bond donors (Lipinski definition) is 1. The van der Waals surface area contributed by atoms with Crippen molar-refractivity contribution < 1.29 is 19.0 Å². The van der Waals surface area contributed by atoms with Crippen molar-refractivity contribution >= 4 is 28.4 Å². The Kier molecular flexibility index (Phi) is 5.39. The number of methoxy groups -OCH3 is 1. The summed E-state index contributed by atoms with van der Waals surface area (Å²) in [7, 11) is 1.47. The number of pyridine rings is 1. The molecule has 2 heterocycles. The van der Waals surface area contributed by atoms with E-state index in [-0.39, 0.29) is 24.1 Å². The van der Waals surface area contributed by atoms with Crippen molar-refractivity contribution in [2.45, 2.75) is 18.9 Å². The second-order valence-corrected chi connectivity index (χ2v) is 7.48. The van der Waals surface area contributed by atoms with Gasteiger partial charge < -0.3 is 14.7 Å². The van der Waals surface area contributed by atoms with E-state index in [1.165, 1.54) is 13.2 Å². The molecule has 1 aliphatic rings. The molecule has 2 aromatic carbocycles. The minimum atomic E-state index is -0.488. The molecule has 1 amide bonds. The molecule has 0 spiro atoms. The molecule has 0 aliphatic carbocycles. The van der Waals surface area contributed by atoms with Gasteiger partial charge in [0.05, 0.1) is 36.5 Å². The van der Waals surface area contributed by atoms with E-state index in [2.05, 4.69) is 4.98 Å². The Morgan fingerprint density at radius 2 is 2.14 bits per heavy atom. The van der Waals surface area contributed by atoms with Crippen LogP contribution < -0.4 is 4.74 Å². The zero-order valence-electron chi connectivity index (χ0n) is 15.9. The van der Waals surface area contributed by atoms with Gasteiger partial charge in [0.1, 0.15) is 11.6 Å². The summed E-state index contributed by atoms with van der Waals surface area (Å²) < 4.78 is 19.7. The molecule has 29 heavy (non-hydrogen) atoms. The minimum Gasteiger partial charge on any atom is -0.497 e. The number of benzene rings is 2. The Labute approximate surface area is 172 Å². The molecule has 1 aromatic heterocycles. The highest BCUT2D eigenvalue weighted by atomic mass is 35.5. The van der Waals surface area contributed by atoms with Gasteiger partial charge in [0.2, 0.25) is 0 Å². The third-order valence-corrected chi connectivity index (χ3v) is 5.54. The van der Waals surface area contributed by atoms with Gasteiger partial charge in [0.25, 0.3) is 5.91 Å². The first-order valence-electron chi connectivity index (χ1n) is 9.38. The minimum absolute atomic E-state index is 0.0878. The molecule has 1 fully saturated rings. The molecule has 1 saturated heterocycles. The van der Waals surface area contributed by atoms with Crippen molar-refractivity contribution in [3.05, 3.63) is 58.9 Å². The van der Waals surface area contributed by atoms with E-state index in [4.69, 9.17) is 16.3 Å². The lowest BCUT2D eigenvalue weighted by Gasteiger charge is -2.24. The van der Waals surface area contributed by atoms with Crippen LogP contribution in [0.5, 0.6) is 5.75 Å². The molecule has 1 atom stereocenters. The highest BCUT2D eigenvalue weighted by Gasteiger charge is 2.30. The summed E-state index contributed by atoms with van der Waals surface area (Å²) in [5.74, 6) is -0.303. The van der Waals surface area contributed by atoms with Crippen LogP contribution in [0.1, 0.15) is 23.2 Å². The number of hydrogen-bond acceptors (Lipinski definition) is 4. The van der Waals surface area contributed by atoms with Crippen LogP contribution in [0.25, 0.3) is 22.2 Å². The van der Waals surface area contributed by atoms with Crippen LogP contribution in [0.4, 0.5) is 4.39 Å². The fraction of sp³-hybridized carbons (Fsp3) is 0.273. The van der Waals surface area contributed by atoms with Gasteiger partial charge in [0, 0.05) is 28.6 Å². The van der Waals surface area contributed by atoms with Crippen molar-refractivity contribution in [2.24, 2.45) is 0 Å². The fourth-order valence-corrected chi connectivity index (χ4v) is 3.96. The van der Waals surface area contributed by atoms with Gasteiger partial charge in [-0.2, -0.15) is 0 Å². The predicted octanol–water partition coefficient (Wildman–Crippen LogP) is 4.30. The number of halogens is 2. The quantitative estimate of drug-likeness (QED) is 0.691. The van der Waals surface area contributed by atoms with Gasteiger partial charge in [-0.15, -0.1) is 0 Å². The fourth-order valence-electron chi connectivity index (χ4n) is 3.79. The Bertz CT molecular complexity index is 1090. The number of aromatic nitrogens is 1. The van der Waals surface area contributed by atoms with Crippen molar-refractivity contribution in [1.82, 2.24) is 9.88 Å². The van der Waals surface area contributed by atoms with E-state index in [1.54, 1.807) is 41.3 Å². The van der Waals surface area contributed by atoms with Gasteiger partial charge >= 0.3 is 0 Å². The van der Waals surface area contributed by atoms with Crippen molar-refractivity contribution in [1.29, 1.82) is 0 Å². The van der Waals surface area contributed by atoms with Gasteiger partial charge in [-0.25, -0.2) is 9.37 Å². The average molecular weight is 415 g/mol. The number of aliphatic hydroxyl groups excluding tert-OH is 1. The van der Waals surface area contributed by atoms with Crippen molar-refractivity contribution in [2.75, 3.05) is 20.3 Å². The number of carbonyl (C=O) groups is 1. The number of likely N-dealkylation sites (tertiary alicyclic amines) is 1. The second kappa shape index (κ2) is 7.97. The lowest BCUT2D eigenvalue weighted by molar-refractivity contribution is 0.0679. The third-order valence-electron chi connectivity index (χ3n) is 5.30. The number of carbonyl (C=O) groups excluding carboxylic acids is 1. The molecule has 1 aliphatic heterocycles. The van der Waals surface area contributed by atoms with Gasteiger partial charge in [-0.3, -0.25) is 4.79 Å². The summed E-state index contributed by atoms with van der Waals surface area (Å²) in [6, 6.07) is 11.0. The topological polar surface area (TPSA) is 62.7 Å². The first-order chi connectivity index (χ1) is 14.0. The average Bonchev–Trinajstić information content (AvgIpc) is 3.21. The second-order valence-electron chi connectivity index (χ2n) is 7.04. The Hall–Kier alpha value is -2.70. The van der Waals surface area contributed by atoms with Crippen molar-refractivity contribution in [3.63, 3.8) is 0 Å². The van der Waals surface area contributed by atoms with E-state index in [9.17, 15) is 14.3 Å². The van der Waals surface area contributed by atoms with Crippen LogP contribution in [0.3, 0.4) is 0 Å². The first kappa shape index (κ1) is 19.6. The van der Waals surface area contributed by atoms with E-state index < -0.39 is 5.82 Å². The highest BCUT2D eigenvalue weighted by Crippen LogP contribution is 2.31. The van der Waals surface area contributed by atoms with Crippen molar-refractivity contribution in [3.8, 4) is 17.0 Å². The number of rotatable bonds is 4. The molecule has 150 valence electrons. The number of fused-ring (bicyclic) bond motifs is 1. The standard InChI is InChI=1S/C22H20ClFN2O3/c1-29-15-5-6-16(19(24)10-15)21-11-18(17-9-13(23)4-7-20(17)25-21)22(28)26-8-2-3-14(26)12-27/h4-7,9-11,14,27H,2-3,8,12H2,1H3/t14-/m1/s1. The smallest absolute Gasteiger partial charge is 0.254 e. The zero-order valence-corrected chi connectivity index (χ0v) is 16.6. The normalized spacial score (nSPS) is 16.4. The molecule has 3 aromatic rings. The molecule has 1 N–H and O–H groups in total. The van der Waals surface area contributed by atoms with Crippen LogP contribution in [0, 0.1) is 5.82 Å². The lowest BCUT2D eigenvalue weighted by Crippen LogP contribution is -2.37. The number of aliphatic hydroxyl groups is 1. The maximum Gasteiger partial charge on any atom is 0.254 e. The molecule has 0 saturated carbocycles. The van der Waals surface area contributed by atoms with E-state index in [0.717, 1.165) is 12.8 Å². The summed E-state index contributed by atoms with van der Waals surface area (Å²) in [6.07, 6.45) is 1.59. The maximum absolute atomic E-state index is 14.7. The molecule has 0 unspecified atom stereocenters. The van der Waals surface area contributed by atoms with Crippen LogP contribution in [0.15, 0.2) is 42.5 Å². The molecular weight excluding hydrogens is 395 g/mol. The molecule has 0 radical (unpaired) electrons. The Morgan fingerprint density at radius 3 is 2.86 bits per heavy atom. The van der Waals surface area contributed by atoms with Crippen LogP contribution >= 0.6 is 11.6 Å². The molecule has 4 rings (SSSR count). The summed E-state index contributed by atoms with van der Waals surface area (Å²) >= 11 is 6.16. The van der Waals surface area contributed by atoms with E-state index in [0.29, 0.717) is 39.5 Å². The van der Waals surface area contributed by atoms with Crippen LogP contribution in [0.2, 0.25) is 5.02 Å². The molecule has 5 nitrogen and oxygen atoms in total. The van der Waals surface area contributed by atoms with Gasteiger partial charge in [-0.1, -0.05) is 11.6 Å². The van der Waals surface area contributed by atoms with Crippen LogP contribution in [-0.4, -0.2) is 47.2 Å². The number of amides is 1. The SMILES string of the molecule is COc1ccc(-c2cc(C(=O)N3CCC[C@@H]3CO)c3cc(Cl)ccc3n2)c(F)c1. The Morgan fingerprint density at radius 1 is 1.31 bits per heavy atom. The Balaban J connectivity index is 1.88. The van der Waals surface area contributed by atoms with E-state index in [1.807, 2.05) is 0 Å². The number of ether oxygens (including phenoxy) is 1. The third kappa shape index (κ3) is 3.66. The molecule has 7 heteroatoms. The lowest BCUT2D eigenvalue weighted by atomic mass is 10.0. The largest absolute Gasteiger partial charge is 0.497 e. The highest BCUT2D eigenvalue weighted by molar-refractivity contribution is 6.31. The maximum atomic E-state index is 14.7. The number of nitrogens with zero attached hydrogens (tertiary/aromatic N) is 2. The molecule has 0 bridgehead atoms. The van der Waals surface area contributed by atoms with Gasteiger partial charge in [0.15, 0.2) is 0 Å². The predicted molar refractivity (Wildman–Crippen MR) is 110 cm³/mol. The zero-order chi connectivity index (χ0) is 20.5. The van der Waals surface area contributed by atoms with Gasteiger partial charge in [-0.05, 0) is 49.2 Å². The summed E-state index contributed by atoms with van der Waals surface area (Å²) in [6.45, 7) is 0.482.